The summed E-state index contributed by atoms with van der Waals surface area (Å²) >= 11 is 5.99. The summed E-state index contributed by atoms with van der Waals surface area (Å²) in [6, 6.07) is 9.88. The third-order valence-electron chi connectivity index (χ3n) is 3.15. The van der Waals surface area contributed by atoms with Crippen molar-refractivity contribution in [3.63, 3.8) is 0 Å². The number of hydrogen-bond acceptors (Lipinski definition) is 1. The number of allylic oxidation sites excluding steroid dienone is 5. The van der Waals surface area contributed by atoms with Crippen molar-refractivity contribution in [1.82, 2.24) is 4.98 Å². The number of benzene rings is 1. The lowest BCUT2D eigenvalue weighted by molar-refractivity contribution is 1.03. The van der Waals surface area contributed by atoms with E-state index in [0.29, 0.717) is 0 Å². The molecule has 0 saturated heterocycles. The topological polar surface area (TPSA) is 12.9 Å². The second-order valence-corrected chi connectivity index (χ2v) is 5.03. The van der Waals surface area contributed by atoms with Crippen LogP contribution >= 0.6 is 11.6 Å². The molecule has 2 aromatic rings. The first-order valence-corrected chi connectivity index (χ1v) is 6.80. The van der Waals surface area contributed by atoms with Gasteiger partial charge in [-0.2, -0.15) is 0 Å². The van der Waals surface area contributed by atoms with Gasteiger partial charge in [-0.3, -0.25) is 0 Å². The fourth-order valence-electron chi connectivity index (χ4n) is 2.14. The van der Waals surface area contributed by atoms with Gasteiger partial charge in [-0.25, -0.2) is 4.98 Å². The highest BCUT2D eigenvalue weighted by atomic mass is 35.5. The van der Waals surface area contributed by atoms with E-state index in [-0.39, 0.29) is 0 Å². The van der Waals surface area contributed by atoms with Gasteiger partial charge in [-0.1, -0.05) is 48.0 Å². The number of pyridine rings is 1. The Morgan fingerprint density at radius 2 is 1.95 bits per heavy atom. The first-order chi connectivity index (χ1) is 9.31. The van der Waals surface area contributed by atoms with Gasteiger partial charge in [0.25, 0.3) is 0 Å². The van der Waals surface area contributed by atoms with E-state index in [0.717, 1.165) is 34.5 Å². The highest BCUT2D eigenvalue weighted by Crippen LogP contribution is 2.19. The predicted molar refractivity (Wildman–Crippen MR) is 82.2 cm³/mol. The highest BCUT2D eigenvalue weighted by Gasteiger charge is 1.98. The molecule has 1 aliphatic carbocycles. The van der Waals surface area contributed by atoms with Crippen LogP contribution < -0.4 is 0 Å². The third-order valence-corrected chi connectivity index (χ3v) is 3.38. The lowest BCUT2D eigenvalue weighted by atomic mass is 10.1. The number of aromatic nitrogens is 1. The van der Waals surface area contributed by atoms with Crippen LogP contribution in [0.25, 0.3) is 17.0 Å². The van der Waals surface area contributed by atoms with Crippen LogP contribution in [0.3, 0.4) is 0 Å². The van der Waals surface area contributed by atoms with Gasteiger partial charge in [0.1, 0.15) is 0 Å². The Kier molecular flexibility index (Phi) is 3.47. The van der Waals surface area contributed by atoms with E-state index in [1.165, 1.54) is 5.57 Å². The maximum Gasteiger partial charge on any atom is 0.0724 e. The summed E-state index contributed by atoms with van der Waals surface area (Å²) in [5, 5.41) is 1.83. The summed E-state index contributed by atoms with van der Waals surface area (Å²) in [5.41, 5.74) is 3.14. The van der Waals surface area contributed by atoms with Gasteiger partial charge in [-0.15, -0.1) is 0 Å². The zero-order valence-electron chi connectivity index (χ0n) is 10.5. The summed E-state index contributed by atoms with van der Waals surface area (Å²) in [4.78, 5) is 4.60. The van der Waals surface area contributed by atoms with E-state index in [9.17, 15) is 0 Å². The van der Waals surface area contributed by atoms with E-state index in [2.05, 4.69) is 35.4 Å². The predicted octanol–water partition coefficient (Wildman–Crippen LogP) is 5.18. The number of hydrogen-bond donors (Lipinski definition) is 0. The summed E-state index contributed by atoms with van der Waals surface area (Å²) in [7, 11) is 0. The lowest BCUT2D eigenvalue weighted by Gasteiger charge is -2.02. The summed E-state index contributed by atoms with van der Waals surface area (Å²) in [6.45, 7) is 0. The molecule has 1 aromatic carbocycles. The summed E-state index contributed by atoms with van der Waals surface area (Å²) in [6.07, 6.45) is 13.0. The fourth-order valence-corrected chi connectivity index (χ4v) is 2.30. The molecular formula is C17H14ClN. The molecule has 0 saturated carbocycles. The van der Waals surface area contributed by atoms with Crippen LogP contribution in [0.5, 0.6) is 0 Å². The molecular weight excluding hydrogens is 254 g/mol. The van der Waals surface area contributed by atoms with Gasteiger partial charge in [0, 0.05) is 10.4 Å². The fraction of sp³-hybridized carbons (Fsp3) is 0.118. The molecule has 2 heteroatoms. The maximum atomic E-state index is 5.99. The van der Waals surface area contributed by atoms with Gasteiger partial charge < -0.3 is 0 Å². The molecule has 0 N–H and O–H groups in total. The van der Waals surface area contributed by atoms with E-state index in [4.69, 9.17) is 11.6 Å². The molecule has 0 unspecified atom stereocenters. The van der Waals surface area contributed by atoms with Gasteiger partial charge in [0.2, 0.25) is 0 Å². The van der Waals surface area contributed by atoms with E-state index >= 15 is 0 Å². The molecule has 0 radical (unpaired) electrons. The maximum absolute atomic E-state index is 5.99. The molecule has 1 aromatic heterocycles. The van der Waals surface area contributed by atoms with Crippen LogP contribution in [0.4, 0.5) is 0 Å². The minimum absolute atomic E-state index is 0.721. The van der Waals surface area contributed by atoms with Gasteiger partial charge >= 0.3 is 0 Å². The largest absolute Gasteiger partial charge is 0.248 e. The standard InChI is InChI=1S/C17H14ClN/c18-15-9-7-14-8-11-16(19-17(14)12-15)10-6-13-4-2-1-3-5-13/h2,4-12H,1,3H2/b10-6+. The van der Waals surface area contributed by atoms with E-state index < -0.39 is 0 Å². The smallest absolute Gasteiger partial charge is 0.0724 e. The molecule has 19 heavy (non-hydrogen) atoms. The number of rotatable bonds is 2. The quantitative estimate of drug-likeness (QED) is 0.731. The summed E-state index contributed by atoms with van der Waals surface area (Å²) < 4.78 is 0. The average Bonchev–Trinajstić information content (AvgIpc) is 2.46. The molecule has 0 atom stereocenters. The molecule has 0 fully saturated rings. The second-order valence-electron chi connectivity index (χ2n) is 4.59. The zero-order valence-corrected chi connectivity index (χ0v) is 11.3. The molecule has 0 spiro atoms. The number of fused-ring (bicyclic) bond motifs is 1. The molecule has 0 amide bonds. The van der Waals surface area contributed by atoms with Crippen molar-refractivity contribution in [1.29, 1.82) is 0 Å². The SMILES string of the molecule is Clc1ccc2ccc(/C=C/C3=CCCC=C3)nc2c1. The zero-order chi connectivity index (χ0) is 13.1. The van der Waals surface area contributed by atoms with Gasteiger partial charge in [0.15, 0.2) is 0 Å². The molecule has 1 nitrogen and oxygen atoms in total. The molecule has 1 heterocycles. The molecule has 94 valence electrons. The molecule has 0 bridgehead atoms. The monoisotopic (exact) mass is 267 g/mol. The Balaban J connectivity index is 1.90. The van der Waals surface area contributed by atoms with Crippen LogP contribution in [0, 0.1) is 0 Å². The molecule has 1 aliphatic rings. The highest BCUT2D eigenvalue weighted by molar-refractivity contribution is 6.31. The Bertz CT molecular complexity index is 695. The van der Waals surface area contributed by atoms with Crippen molar-refractivity contribution in [2.24, 2.45) is 0 Å². The van der Waals surface area contributed by atoms with Crippen molar-refractivity contribution in [3.8, 4) is 0 Å². The van der Waals surface area contributed by atoms with Crippen molar-refractivity contribution < 1.29 is 0 Å². The summed E-state index contributed by atoms with van der Waals surface area (Å²) in [5.74, 6) is 0. The normalized spacial score (nSPS) is 15.1. The lowest BCUT2D eigenvalue weighted by Crippen LogP contribution is -1.84. The van der Waals surface area contributed by atoms with Crippen molar-refractivity contribution in [2.75, 3.05) is 0 Å². The minimum atomic E-state index is 0.721. The second kappa shape index (κ2) is 5.41. The first kappa shape index (κ1) is 12.2. The van der Waals surface area contributed by atoms with Crippen LogP contribution in [0.15, 0.2) is 60.2 Å². The number of halogens is 1. The van der Waals surface area contributed by atoms with Crippen molar-refractivity contribution in [2.45, 2.75) is 12.8 Å². The van der Waals surface area contributed by atoms with E-state index in [1.54, 1.807) is 0 Å². The molecule has 3 rings (SSSR count). The van der Waals surface area contributed by atoms with Crippen LogP contribution in [0.2, 0.25) is 5.02 Å². The molecule has 0 aliphatic heterocycles. The van der Waals surface area contributed by atoms with E-state index in [1.807, 2.05) is 30.3 Å². The number of nitrogens with zero attached hydrogens (tertiary/aromatic N) is 1. The average molecular weight is 268 g/mol. The van der Waals surface area contributed by atoms with Gasteiger partial charge in [-0.05, 0) is 42.7 Å². The Morgan fingerprint density at radius 1 is 1.05 bits per heavy atom. The van der Waals surface area contributed by atoms with Crippen molar-refractivity contribution >= 4 is 28.6 Å². The van der Waals surface area contributed by atoms with Crippen LogP contribution in [-0.4, -0.2) is 4.98 Å². The first-order valence-electron chi connectivity index (χ1n) is 6.42. The Labute approximate surface area is 117 Å². The Morgan fingerprint density at radius 3 is 2.79 bits per heavy atom. The minimum Gasteiger partial charge on any atom is -0.248 e. The van der Waals surface area contributed by atoms with Crippen LogP contribution in [-0.2, 0) is 0 Å². The van der Waals surface area contributed by atoms with Crippen molar-refractivity contribution in [3.05, 3.63) is 70.9 Å². The Hall–Kier alpha value is -1.86. The van der Waals surface area contributed by atoms with Crippen LogP contribution in [0.1, 0.15) is 18.5 Å². The third kappa shape index (κ3) is 2.94. The van der Waals surface area contributed by atoms with Gasteiger partial charge in [0.05, 0.1) is 11.2 Å².